The molecule has 1 aliphatic rings. The molecule has 0 aliphatic heterocycles. The number of nitrogens with two attached hydrogens (primary N) is 1. The van der Waals surface area contributed by atoms with E-state index in [-0.39, 0.29) is 18.0 Å². The molecule has 1 aromatic heterocycles. The van der Waals surface area contributed by atoms with Gasteiger partial charge in [0.1, 0.15) is 0 Å². The Labute approximate surface area is 106 Å². The van der Waals surface area contributed by atoms with Gasteiger partial charge in [-0.1, -0.05) is 19.3 Å². The SMILES string of the molecule is CCOc1nc(NN)nc(OCCC2CCC2)n1. The lowest BCUT2D eigenvalue weighted by molar-refractivity contribution is 0.208. The summed E-state index contributed by atoms with van der Waals surface area (Å²) in [5, 5.41) is 0. The van der Waals surface area contributed by atoms with E-state index in [1.165, 1.54) is 19.3 Å². The lowest BCUT2D eigenvalue weighted by atomic mass is 9.83. The first-order valence-electron chi connectivity index (χ1n) is 6.30. The zero-order valence-electron chi connectivity index (χ0n) is 10.6. The summed E-state index contributed by atoms with van der Waals surface area (Å²) in [6, 6.07) is 0.472. The molecule has 3 N–H and O–H groups in total. The molecule has 0 aromatic carbocycles. The Morgan fingerprint density at radius 1 is 1.22 bits per heavy atom. The summed E-state index contributed by atoms with van der Waals surface area (Å²) in [6.45, 7) is 2.95. The molecule has 18 heavy (non-hydrogen) atoms. The molecule has 0 saturated heterocycles. The fourth-order valence-corrected chi connectivity index (χ4v) is 1.76. The van der Waals surface area contributed by atoms with Crippen molar-refractivity contribution >= 4 is 5.95 Å². The third-order valence-corrected chi connectivity index (χ3v) is 2.98. The van der Waals surface area contributed by atoms with Gasteiger partial charge in [-0.2, -0.15) is 9.97 Å². The Balaban J connectivity index is 1.90. The van der Waals surface area contributed by atoms with Crippen molar-refractivity contribution in [1.82, 2.24) is 15.0 Å². The molecule has 0 spiro atoms. The van der Waals surface area contributed by atoms with E-state index in [0.29, 0.717) is 13.2 Å². The number of hydrogen-bond acceptors (Lipinski definition) is 7. The molecule has 1 aromatic rings. The highest BCUT2D eigenvalue weighted by Gasteiger charge is 2.17. The molecule has 1 aliphatic carbocycles. The molecule has 0 bridgehead atoms. The molecule has 0 unspecified atom stereocenters. The molecule has 7 heteroatoms. The van der Waals surface area contributed by atoms with Gasteiger partial charge in [0.25, 0.3) is 0 Å². The Morgan fingerprint density at radius 3 is 2.50 bits per heavy atom. The van der Waals surface area contributed by atoms with Gasteiger partial charge >= 0.3 is 12.0 Å². The molecule has 0 radical (unpaired) electrons. The van der Waals surface area contributed by atoms with Crippen molar-refractivity contribution < 1.29 is 9.47 Å². The quantitative estimate of drug-likeness (QED) is 0.555. The van der Waals surface area contributed by atoms with Crippen LogP contribution in [0.4, 0.5) is 5.95 Å². The van der Waals surface area contributed by atoms with E-state index in [2.05, 4.69) is 20.4 Å². The largest absolute Gasteiger partial charge is 0.464 e. The molecule has 100 valence electrons. The number of nitrogen functional groups attached to an aromatic ring is 1. The van der Waals surface area contributed by atoms with Crippen molar-refractivity contribution in [3.05, 3.63) is 0 Å². The third-order valence-electron chi connectivity index (χ3n) is 2.98. The number of nitrogens with one attached hydrogen (secondary N) is 1. The van der Waals surface area contributed by atoms with Crippen LogP contribution in [0.25, 0.3) is 0 Å². The van der Waals surface area contributed by atoms with Gasteiger partial charge in [0.2, 0.25) is 5.95 Å². The van der Waals surface area contributed by atoms with E-state index in [9.17, 15) is 0 Å². The number of ether oxygens (including phenoxy) is 2. The van der Waals surface area contributed by atoms with E-state index in [1.54, 1.807) is 0 Å². The van der Waals surface area contributed by atoms with Crippen molar-refractivity contribution in [3.8, 4) is 12.0 Å². The second-order valence-corrected chi connectivity index (χ2v) is 4.24. The topological polar surface area (TPSA) is 95.2 Å². The maximum Gasteiger partial charge on any atom is 0.324 e. The average Bonchev–Trinajstić information content (AvgIpc) is 2.32. The maximum absolute atomic E-state index is 5.50. The highest BCUT2D eigenvalue weighted by Crippen LogP contribution is 2.29. The van der Waals surface area contributed by atoms with Crippen molar-refractivity contribution in [1.29, 1.82) is 0 Å². The summed E-state index contributed by atoms with van der Waals surface area (Å²) in [7, 11) is 0. The summed E-state index contributed by atoms with van der Waals surface area (Å²) in [6.07, 6.45) is 4.99. The fraction of sp³-hybridized carbons (Fsp3) is 0.727. The van der Waals surface area contributed by atoms with Crippen LogP contribution >= 0.6 is 0 Å². The van der Waals surface area contributed by atoms with Crippen LogP contribution in [0.15, 0.2) is 0 Å². The number of anilines is 1. The molecular formula is C11H19N5O2. The first kappa shape index (κ1) is 12.8. The third kappa shape index (κ3) is 3.43. The van der Waals surface area contributed by atoms with E-state index >= 15 is 0 Å². The average molecular weight is 253 g/mol. The minimum Gasteiger partial charge on any atom is -0.464 e. The lowest BCUT2D eigenvalue weighted by Crippen LogP contribution is -2.16. The fourth-order valence-electron chi connectivity index (χ4n) is 1.76. The van der Waals surface area contributed by atoms with Gasteiger partial charge in [0.15, 0.2) is 0 Å². The first-order chi connectivity index (χ1) is 8.81. The van der Waals surface area contributed by atoms with Gasteiger partial charge in [-0.15, -0.1) is 4.98 Å². The van der Waals surface area contributed by atoms with E-state index < -0.39 is 0 Å². The van der Waals surface area contributed by atoms with Crippen LogP contribution in [-0.4, -0.2) is 28.2 Å². The van der Waals surface area contributed by atoms with Crippen LogP contribution < -0.4 is 20.7 Å². The molecule has 1 fully saturated rings. The van der Waals surface area contributed by atoms with Crippen molar-refractivity contribution in [2.45, 2.75) is 32.6 Å². The van der Waals surface area contributed by atoms with Crippen LogP contribution in [0, 0.1) is 5.92 Å². The second-order valence-electron chi connectivity index (χ2n) is 4.24. The van der Waals surface area contributed by atoms with Crippen LogP contribution in [0.5, 0.6) is 12.0 Å². The summed E-state index contributed by atoms with van der Waals surface area (Å²) in [5.41, 5.74) is 2.37. The van der Waals surface area contributed by atoms with Crippen LogP contribution in [0.1, 0.15) is 32.6 Å². The molecule has 7 nitrogen and oxygen atoms in total. The summed E-state index contributed by atoms with van der Waals surface area (Å²) >= 11 is 0. The predicted molar refractivity (Wildman–Crippen MR) is 66.3 cm³/mol. The van der Waals surface area contributed by atoms with Crippen molar-refractivity contribution in [2.75, 3.05) is 18.6 Å². The smallest absolute Gasteiger partial charge is 0.324 e. The normalized spacial score (nSPS) is 15.0. The highest BCUT2D eigenvalue weighted by atomic mass is 16.5. The zero-order chi connectivity index (χ0) is 12.8. The molecule has 1 heterocycles. The number of hydrogen-bond donors (Lipinski definition) is 2. The Morgan fingerprint density at radius 2 is 1.94 bits per heavy atom. The Hall–Kier alpha value is -1.63. The van der Waals surface area contributed by atoms with Crippen LogP contribution in [0.2, 0.25) is 0 Å². The van der Waals surface area contributed by atoms with E-state index in [4.69, 9.17) is 15.3 Å². The van der Waals surface area contributed by atoms with Crippen LogP contribution in [-0.2, 0) is 0 Å². The molecule has 2 rings (SSSR count). The number of rotatable bonds is 7. The van der Waals surface area contributed by atoms with Gasteiger partial charge in [0, 0.05) is 0 Å². The predicted octanol–water partition coefficient (Wildman–Crippen LogP) is 1.12. The zero-order valence-corrected chi connectivity index (χ0v) is 10.6. The second kappa shape index (κ2) is 6.34. The van der Waals surface area contributed by atoms with Gasteiger partial charge in [0.05, 0.1) is 13.2 Å². The first-order valence-corrected chi connectivity index (χ1v) is 6.30. The van der Waals surface area contributed by atoms with Crippen molar-refractivity contribution in [3.63, 3.8) is 0 Å². The van der Waals surface area contributed by atoms with Gasteiger partial charge in [-0.05, 0) is 19.3 Å². The molecule has 1 saturated carbocycles. The molecule has 0 amide bonds. The summed E-state index contributed by atoms with van der Waals surface area (Å²) in [5.74, 6) is 6.32. The monoisotopic (exact) mass is 253 g/mol. The summed E-state index contributed by atoms with van der Waals surface area (Å²) in [4.78, 5) is 12.0. The standard InChI is InChI=1S/C11H19N5O2/c1-2-17-10-13-9(16-12)14-11(15-10)18-7-6-8-4-3-5-8/h8H,2-7,12H2,1H3,(H,13,14,15,16). The minimum atomic E-state index is 0.221. The van der Waals surface area contributed by atoms with E-state index in [0.717, 1.165) is 12.3 Å². The molecular weight excluding hydrogens is 234 g/mol. The Bertz CT molecular complexity index is 384. The van der Waals surface area contributed by atoms with Crippen molar-refractivity contribution in [2.24, 2.45) is 11.8 Å². The van der Waals surface area contributed by atoms with Gasteiger partial charge in [-0.25, -0.2) is 5.84 Å². The maximum atomic E-state index is 5.50. The van der Waals surface area contributed by atoms with Crippen LogP contribution in [0.3, 0.4) is 0 Å². The summed E-state index contributed by atoms with van der Waals surface area (Å²) < 4.78 is 10.7. The number of aromatic nitrogens is 3. The highest BCUT2D eigenvalue weighted by molar-refractivity contribution is 5.25. The minimum absolute atomic E-state index is 0.221. The lowest BCUT2D eigenvalue weighted by Gasteiger charge is -2.24. The number of nitrogens with zero attached hydrogens (tertiary/aromatic N) is 3. The van der Waals surface area contributed by atoms with E-state index in [1.807, 2.05) is 6.92 Å². The number of hydrazine groups is 1. The molecule has 0 atom stereocenters. The van der Waals surface area contributed by atoms with Gasteiger partial charge in [-0.3, -0.25) is 5.43 Å². The van der Waals surface area contributed by atoms with Gasteiger partial charge < -0.3 is 9.47 Å². The Kier molecular flexibility index (Phi) is 4.52.